The lowest BCUT2D eigenvalue weighted by atomic mass is 9.89. The molecule has 60 heavy (non-hydrogen) atoms. The van der Waals surface area contributed by atoms with Crippen LogP contribution in [0, 0.1) is 13.8 Å². The first-order valence-corrected chi connectivity index (χ1v) is 20.4. The van der Waals surface area contributed by atoms with Crippen LogP contribution >= 0.6 is 0 Å². The van der Waals surface area contributed by atoms with Crippen molar-refractivity contribution in [3.8, 4) is 55.6 Å². The average molecular weight is 772 g/mol. The Hall–Kier alpha value is -7.62. The van der Waals surface area contributed by atoms with Crippen molar-refractivity contribution in [2.75, 3.05) is 0 Å². The maximum absolute atomic E-state index is 5.39. The maximum atomic E-state index is 5.39. The van der Waals surface area contributed by atoms with E-state index in [1.807, 2.05) is 36.4 Å². The van der Waals surface area contributed by atoms with Crippen molar-refractivity contribution >= 4 is 23.8 Å². The molecule has 1 N–H and O–H groups in total. The van der Waals surface area contributed by atoms with Crippen LogP contribution in [0.15, 0.2) is 211 Å². The standard InChI is InChI=1S/C57H45N3/c1-5-40-18-13-14-23-52(40)54-38(3)17-15-26-53(54)57-59-55(47-21-11-8-12-22-47)58-56(60-57)50-25-16-24-49(39(50)4)51-36-35-48(37-41(51)6-2)46-33-31-45(32-34-46)44-29-27-43(28-30-44)42-19-9-7-10-20-42/h5-37,57H,1-2H2,3-4H3,(H,58,59,60). The van der Waals surface area contributed by atoms with Gasteiger partial charge >= 0.3 is 0 Å². The predicted molar refractivity (Wildman–Crippen MR) is 255 cm³/mol. The number of amidine groups is 2. The SMILES string of the molecule is C=Cc1cc(-c2ccc(-c3ccc(-c4ccccc4)cc3)cc2)ccc1-c1cccc(C2=NC(c3cccc(C)c3-c3ccccc3C=C)NC(c3ccccc3)=N2)c1C. The molecule has 3 heteroatoms. The van der Waals surface area contributed by atoms with Crippen LogP contribution in [-0.2, 0) is 0 Å². The quantitative estimate of drug-likeness (QED) is 0.148. The molecule has 1 aliphatic heterocycles. The maximum Gasteiger partial charge on any atom is 0.159 e. The van der Waals surface area contributed by atoms with E-state index < -0.39 is 0 Å². The Kier molecular flexibility index (Phi) is 10.6. The molecule has 0 aliphatic carbocycles. The lowest BCUT2D eigenvalue weighted by Gasteiger charge is -2.27. The Morgan fingerprint density at radius 3 is 1.62 bits per heavy atom. The Balaban J connectivity index is 1.06. The molecule has 1 atom stereocenters. The van der Waals surface area contributed by atoms with Gasteiger partial charge in [-0.1, -0.05) is 207 Å². The van der Waals surface area contributed by atoms with Crippen molar-refractivity contribution < 1.29 is 0 Å². The fourth-order valence-electron chi connectivity index (χ4n) is 8.33. The molecular weight excluding hydrogens is 727 g/mol. The third kappa shape index (κ3) is 7.45. The van der Waals surface area contributed by atoms with Gasteiger partial charge in [0.1, 0.15) is 12.0 Å². The van der Waals surface area contributed by atoms with Gasteiger partial charge in [0.2, 0.25) is 0 Å². The second-order valence-electron chi connectivity index (χ2n) is 15.2. The number of aryl methyl sites for hydroxylation is 1. The fraction of sp³-hybridized carbons (Fsp3) is 0.0526. The van der Waals surface area contributed by atoms with Crippen molar-refractivity contribution in [1.29, 1.82) is 0 Å². The first-order chi connectivity index (χ1) is 29.5. The fourth-order valence-corrected chi connectivity index (χ4v) is 8.33. The van der Waals surface area contributed by atoms with Gasteiger partial charge in [-0.15, -0.1) is 0 Å². The van der Waals surface area contributed by atoms with E-state index in [1.165, 1.54) is 27.8 Å². The van der Waals surface area contributed by atoms with Crippen LogP contribution < -0.4 is 5.32 Å². The first kappa shape index (κ1) is 37.9. The van der Waals surface area contributed by atoms with Gasteiger partial charge in [-0.2, -0.15) is 0 Å². The van der Waals surface area contributed by atoms with Gasteiger partial charge in [0, 0.05) is 16.7 Å². The zero-order valence-electron chi connectivity index (χ0n) is 33.9. The molecule has 0 aromatic heterocycles. The molecule has 1 aliphatic rings. The average Bonchev–Trinajstić information content (AvgIpc) is 3.32. The van der Waals surface area contributed by atoms with Crippen molar-refractivity contribution in [3.05, 3.63) is 240 Å². The Bertz CT molecular complexity index is 2920. The molecule has 3 nitrogen and oxygen atoms in total. The number of rotatable bonds is 10. The summed E-state index contributed by atoms with van der Waals surface area (Å²) in [5.41, 5.74) is 19.1. The van der Waals surface area contributed by atoms with E-state index in [-0.39, 0.29) is 6.17 Å². The molecule has 1 unspecified atom stereocenters. The van der Waals surface area contributed by atoms with Gasteiger partial charge in [-0.05, 0) is 97.8 Å². The second kappa shape index (κ2) is 16.7. The van der Waals surface area contributed by atoms with Crippen molar-refractivity contribution in [1.82, 2.24) is 5.32 Å². The van der Waals surface area contributed by atoms with Crippen LogP contribution in [0.2, 0.25) is 0 Å². The monoisotopic (exact) mass is 771 g/mol. The lowest BCUT2D eigenvalue weighted by molar-refractivity contribution is 0.675. The smallest absolute Gasteiger partial charge is 0.159 e. The number of benzene rings is 8. The molecule has 0 fully saturated rings. The summed E-state index contributed by atoms with van der Waals surface area (Å²) in [6, 6.07) is 66.4. The van der Waals surface area contributed by atoms with E-state index in [0.717, 1.165) is 72.6 Å². The van der Waals surface area contributed by atoms with Crippen LogP contribution in [0.1, 0.15) is 45.1 Å². The highest BCUT2D eigenvalue weighted by atomic mass is 15.2. The minimum atomic E-state index is -0.383. The van der Waals surface area contributed by atoms with Gasteiger partial charge in [0.05, 0.1) is 0 Å². The summed E-state index contributed by atoms with van der Waals surface area (Å²) in [4.78, 5) is 10.6. The van der Waals surface area contributed by atoms with E-state index in [2.05, 4.69) is 196 Å². The number of hydrogen-bond acceptors (Lipinski definition) is 3. The molecule has 288 valence electrons. The summed E-state index contributed by atoms with van der Waals surface area (Å²) in [5, 5.41) is 3.71. The summed E-state index contributed by atoms with van der Waals surface area (Å²) in [5.74, 6) is 1.47. The lowest BCUT2D eigenvalue weighted by Crippen LogP contribution is -2.34. The first-order valence-electron chi connectivity index (χ1n) is 20.4. The van der Waals surface area contributed by atoms with E-state index in [4.69, 9.17) is 9.98 Å². The topological polar surface area (TPSA) is 36.8 Å². The summed E-state index contributed by atoms with van der Waals surface area (Å²) in [7, 11) is 0. The molecule has 0 saturated carbocycles. The minimum Gasteiger partial charge on any atom is -0.344 e. The molecule has 1 heterocycles. The summed E-state index contributed by atoms with van der Waals surface area (Å²) >= 11 is 0. The molecule has 0 saturated heterocycles. The molecule has 0 spiro atoms. The normalized spacial score (nSPS) is 13.5. The van der Waals surface area contributed by atoms with Crippen LogP contribution in [0.3, 0.4) is 0 Å². The molecule has 0 amide bonds. The van der Waals surface area contributed by atoms with Crippen LogP contribution in [0.5, 0.6) is 0 Å². The molecule has 0 bridgehead atoms. The zero-order chi connectivity index (χ0) is 41.0. The van der Waals surface area contributed by atoms with E-state index in [1.54, 1.807) is 0 Å². The summed E-state index contributed by atoms with van der Waals surface area (Å²) in [6.45, 7) is 12.7. The van der Waals surface area contributed by atoms with Gasteiger partial charge in [0.15, 0.2) is 5.84 Å². The third-order valence-electron chi connectivity index (χ3n) is 11.5. The van der Waals surface area contributed by atoms with Gasteiger partial charge in [-0.25, -0.2) is 9.98 Å². The largest absolute Gasteiger partial charge is 0.344 e. The predicted octanol–water partition coefficient (Wildman–Crippen LogP) is 14.4. The minimum absolute atomic E-state index is 0.383. The van der Waals surface area contributed by atoms with Gasteiger partial charge < -0.3 is 5.32 Å². The van der Waals surface area contributed by atoms with E-state index >= 15 is 0 Å². The zero-order valence-corrected chi connectivity index (χ0v) is 33.9. The molecule has 9 rings (SSSR count). The highest BCUT2D eigenvalue weighted by molar-refractivity contribution is 6.14. The van der Waals surface area contributed by atoms with Gasteiger partial charge in [-0.3, -0.25) is 0 Å². The third-order valence-corrected chi connectivity index (χ3v) is 11.5. The van der Waals surface area contributed by atoms with Crippen LogP contribution in [0.4, 0.5) is 0 Å². The van der Waals surface area contributed by atoms with Crippen LogP contribution in [-0.4, -0.2) is 11.7 Å². The highest BCUT2D eigenvalue weighted by Crippen LogP contribution is 2.38. The summed E-state index contributed by atoms with van der Waals surface area (Å²) < 4.78 is 0. The van der Waals surface area contributed by atoms with Crippen molar-refractivity contribution in [2.24, 2.45) is 9.98 Å². The van der Waals surface area contributed by atoms with Crippen LogP contribution in [0.25, 0.3) is 67.8 Å². The Labute approximate surface area is 353 Å². The van der Waals surface area contributed by atoms with E-state index in [9.17, 15) is 0 Å². The van der Waals surface area contributed by atoms with Crippen molar-refractivity contribution in [3.63, 3.8) is 0 Å². The number of nitrogens with zero attached hydrogens (tertiary/aromatic N) is 2. The number of nitrogens with one attached hydrogen (secondary N) is 1. The summed E-state index contributed by atoms with van der Waals surface area (Å²) in [6.07, 6.45) is 3.50. The van der Waals surface area contributed by atoms with Crippen molar-refractivity contribution in [2.45, 2.75) is 20.0 Å². The molecule has 0 radical (unpaired) electrons. The second-order valence-corrected chi connectivity index (χ2v) is 15.2. The Morgan fingerprint density at radius 1 is 0.450 bits per heavy atom. The van der Waals surface area contributed by atoms with Gasteiger partial charge in [0.25, 0.3) is 0 Å². The van der Waals surface area contributed by atoms with E-state index in [0.29, 0.717) is 5.84 Å². The Morgan fingerprint density at radius 2 is 0.967 bits per heavy atom. The number of hydrogen-bond donors (Lipinski definition) is 1. The molecule has 8 aromatic carbocycles. The molecular formula is C57H45N3. The molecule has 8 aromatic rings. The highest BCUT2D eigenvalue weighted by Gasteiger charge is 2.26. The number of aliphatic imine (C=N–C) groups is 2.